The molecule has 1 fully saturated rings. The van der Waals surface area contributed by atoms with Gasteiger partial charge in [0.25, 0.3) is 6.43 Å². The summed E-state index contributed by atoms with van der Waals surface area (Å²) >= 11 is 0. The van der Waals surface area contributed by atoms with Gasteiger partial charge in [0.2, 0.25) is 0 Å². The van der Waals surface area contributed by atoms with Crippen LogP contribution in [0.3, 0.4) is 0 Å². The van der Waals surface area contributed by atoms with Crippen molar-refractivity contribution >= 4 is 17.5 Å². The van der Waals surface area contributed by atoms with Crippen molar-refractivity contribution < 1.29 is 8.78 Å². The molecule has 3 rings (SSSR count). The van der Waals surface area contributed by atoms with E-state index in [1.165, 1.54) is 12.1 Å². The Balaban J connectivity index is 1.89. The molecule has 22 heavy (non-hydrogen) atoms. The number of pyridine rings is 1. The van der Waals surface area contributed by atoms with Gasteiger partial charge in [-0.2, -0.15) is 5.10 Å². The Morgan fingerprint density at radius 2 is 1.95 bits per heavy atom. The number of nitrogens with zero attached hydrogens (tertiary/aromatic N) is 3. The van der Waals surface area contributed by atoms with Crippen LogP contribution in [-0.4, -0.2) is 41.4 Å². The molecule has 0 spiro atoms. The second kappa shape index (κ2) is 6.27. The Hall–Kier alpha value is -2.22. The van der Waals surface area contributed by atoms with E-state index in [0.717, 1.165) is 31.9 Å². The molecule has 8 heteroatoms. The van der Waals surface area contributed by atoms with Crippen molar-refractivity contribution in [3.63, 3.8) is 0 Å². The van der Waals surface area contributed by atoms with E-state index < -0.39 is 6.43 Å². The Bertz CT molecular complexity index is 636. The molecular formula is C14H18F2N6. The van der Waals surface area contributed by atoms with E-state index >= 15 is 0 Å². The zero-order chi connectivity index (χ0) is 15.5. The zero-order valence-electron chi connectivity index (χ0n) is 12.2. The van der Waals surface area contributed by atoms with Crippen molar-refractivity contribution in [1.29, 1.82) is 0 Å². The zero-order valence-corrected chi connectivity index (χ0v) is 12.2. The summed E-state index contributed by atoms with van der Waals surface area (Å²) in [6, 6.07) is 4.61. The lowest BCUT2D eigenvalue weighted by molar-refractivity contribution is 0.151. The first-order chi connectivity index (χ1) is 10.6. The van der Waals surface area contributed by atoms with Crippen LogP contribution in [0.5, 0.6) is 0 Å². The second-order valence-corrected chi connectivity index (χ2v) is 5.24. The first-order valence-corrected chi connectivity index (χ1v) is 7.16. The van der Waals surface area contributed by atoms with E-state index in [4.69, 9.17) is 0 Å². The van der Waals surface area contributed by atoms with Crippen molar-refractivity contribution in [3.05, 3.63) is 29.5 Å². The van der Waals surface area contributed by atoms with E-state index in [1.807, 2.05) is 11.8 Å². The normalized spacial score (nSPS) is 15.4. The Kier molecular flexibility index (Phi) is 4.19. The van der Waals surface area contributed by atoms with Crippen molar-refractivity contribution in [2.45, 2.75) is 13.3 Å². The summed E-state index contributed by atoms with van der Waals surface area (Å²) in [5, 5.41) is 13.0. The quantitative estimate of drug-likeness (QED) is 0.808. The first kappa shape index (κ1) is 14.7. The molecule has 118 valence electrons. The molecule has 0 aromatic carbocycles. The lowest BCUT2D eigenvalue weighted by atomic mass is 10.2. The largest absolute Gasteiger partial charge is 0.354 e. The minimum absolute atomic E-state index is 0.0432. The fourth-order valence-electron chi connectivity index (χ4n) is 2.40. The number of aromatic amines is 1. The number of piperazine rings is 1. The summed E-state index contributed by atoms with van der Waals surface area (Å²) in [5.74, 6) is 1.49. The topological polar surface area (TPSA) is 68.9 Å². The van der Waals surface area contributed by atoms with E-state index in [9.17, 15) is 8.78 Å². The van der Waals surface area contributed by atoms with Crippen LogP contribution in [0.4, 0.5) is 26.2 Å². The maximum Gasteiger partial charge on any atom is 0.264 e. The molecule has 1 aliphatic rings. The number of nitrogens with one attached hydrogen (secondary N) is 3. The van der Waals surface area contributed by atoms with Crippen LogP contribution in [0.2, 0.25) is 0 Å². The number of alkyl halides is 2. The summed E-state index contributed by atoms with van der Waals surface area (Å²) in [6.07, 6.45) is -2.54. The number of anilines is 3. The van der Waals surface area contributed by atoms with Gasteiger partial charge in [0, 0.05) is 43.5 Å². The fourth-order valence-corrected chi connectivity index (χ4v) is 2.40. The third-order valence-electron chi connectivity index (χ3n) is 3.49. The average molecular weight is 308 g/mol. The highest BCUT2D eigenvalue weighted by atomic mass is 19.3. The highest BCUT2D eigenvalue weighted by molar-refractivity contribution is 5.57. The number of hydrogen-bond donors (Lipinski definition) is 3. The fraction of sp³-hybridized carbons (Fsp3) is 0.429. The van der Waals surface area contributed by atoms with Crippen LogP contribution >= 0.6 is 0 Å². The van der Waals surface area contributed by atoms with Crippen molar-refractivity contribution in [2.24, 2.45) is 0 Å². The number of aryl methyl sites for hydroxylation is 1. The van der Waals surface area contributed by atoms with Gasteiger partial charge < -0.3 is 15.5 Å². The van der Waals surface area contributed by atoms with Gasteiger partial charge in [-0.1, -0.05) is 0 Å². The van der Waals surface area contributed by atoms with Gasteiger partial charge >= 0.3 is 0 Å². The van der Waals surface area contributed by atoms with E-state index in [1.54, 1.807) is 6.07 Å². The van der Waals surface area contributed by atoms with Crippen LogP contribution < -0.4 is 15.5 Å². The molecule has 0 unspecified atom stereocenters. The molecule has 3 N–H and O–H groups in total. The summed E-state index contributed by atoms with van der Waals surface area (Å²) in [7, 11) is 0. The van der Waals surface area contributed by atoms with Crippen molar-refractivity contribution in [2.75, 3.05) is 36.4 Å². The third-order valence-corrected chi connectivity index (χ3v) is 3.49. The minimum atomic E-state index is -2.54. The Labute approximate surface area is 126 Å². The maximum absolute atomic E-state index is 13.1. The van der Waals surface area contributed by atoms with Gasteiger partial charge in [0.1, 0.15) is 11.6 Å². The number of halogens is 2. The van der Waals surface area contributed by atoms with Gasteiger partial charge in [-0.15, -0.1) is 0 Å². The molecule has 3 heterocycles. The minimum Gasteiger partial charge on any atom is -0.354 e. The van der Waals surface area contributed by atoms with Crippen LogP contribution in [0.1, 0.15) is 17.7 Å². The molecule has 2 aromatic heterocycles. The lowest BCUT2D eigenvalue weighted by Gasteiger charge is -2.29. The average Bonchev–Trinajstić information content (AvgIpc) is 2.93. The molecule has 1 saturated heterocycles. The SMILES string of the molecule is Cc1cc(Nc2cc(C(F)F)cc(N3CCNCC3)n2)n[nH]1. The molecule has 1 aliphatic heterocycles. The van der Waals surface area contributed by atoms with Gasteiger partial charge in [-0.3, -0.25) is 5.10 Å². The summed E-state index contributed by atoms with van der Waals surface area (Å²) in [4.78, 5) is 6.45. The molecule has 0 atom stereocenters. The number of H-pyrrole nitrogens is 1. The van der Waals surface area contributed by atoms with Crippen LogP contribution in [-0.2, 0) is 0 Å². The monoisotopic (exact) mass is 308 g/mol. The molecule has 2 aromatic rings. The van der Waals surface area contributed by atoms with Crippen molar-refractivity contribution in [1.82, 2.24) is 20.5 Å². The first-order valence-electron chi connectivity index (χ1n) is 7.16. The van der Waals surface area contributed by atoms with E-state index in [0.29, 0.717) is 17.5 Å². The summed E-state index contributed by atoms with van der Waals surface area (Å²) in [5.41, 5.74) is 0.841. The van der Waals surface area contributed by atoms with Crippen molar-refractivity contribution in [3.8, 4) is 0 Å². The highest BCUT2D eigenvalue weighted by Gasteiger charge is 2.17. The standard InChI is InChI=1S/C14H18F2N6/c1-9-6-12(21-20-9)18-11-7-10(14(15)16)8-13(19-11)22-4-2-17-3-5-22/h6-8,14,17H,2-5H2,1H3,(H2,18,19,20,21). The van der Waals surface area contributed by atoms with Crippen LogP contribution in [0.25, 0.3) is 0 Å². The van der Waals surface area contributed by atoms with Gasteiger partial charge in [0.05, 0.1) is 0 Å². The molecular weight excluding hydrogens is 290 g/mol. The van der Waals surface area contributed by atoms with Gasteiger partial charge in [-0.25, -0.2) is 13.8 Å². The highest BCUT2D eigenvalue weighted by Crippen LogP contribution is 2.27. The van der Waals surface area contributed by atoms with E-state index in [-0.39, 0.29) is 5.56 Å². The lowest BCUT2D eigenvalue weighted by Crippen LogP contribution is -2.44. The predicted octanol–water partition coefficient (Wildman–Crippen LogP) is 2.20. The molecule has 0 bridgehead atoms. The molecule has 6 nitrogen and oxygen atoms in total. The van der Waals surface area contributed by atoms with Gasteiger partial charge in [0.15, 0.2) is 5.82 Å². The summed E-state index contributed by atoms with van der Waals surface area (Å²) in [6.45, 7) is 5.01. The molecule has 0 aliphatic carbocycles. The van der Waals surface area contributed by atoms with E-state index in [2.05, 4.69) is 25.8 Å². The summed E-state index contributed by atoms with van der Waals surface area (Å²) < 4.78 is 26.3. The molecule has 0 saturated carbocycles. The predicted molar refractivity (Wildman–Crippen MR) is 80.9 cm³/mol. The third kappa shape index (κ3) is 3.33. The molecule has 0 radical (unpaired) electrons. The number of aromatic nitrogens is 3. The Morgan fingerprint density at radius 3 is 2.59 bits per heavy atom. The second-order valence-electron chi connectivity index (χ2n) is 5.24. The van der Waals surface area contributed by atoms with Crippen LogP contribution in [0, 0.1) is 6.92 Å². The molecule has 0 amide bonds. The number of rotatable bonds is 4. The van der Waals surface area contributed by atoms with Crippen LogP contribution in [0.15, 0.2) is 18.2 Å². The number of hydrogen-bond acceptors (Lipinski definition) is 5. The van der Waals surface area contributed by atoms with Gasteiger partial charge in [-0.05, 0) is 19.1 Å². The smallest absolute Gasteiger partial charge is 0.264 e. The maximum atomic E-state index is 13.1. The Morgan fingerprint density at radius 1 is 1.18 bits per heavy atom.